The molecule has 39 heavy (non-hydrogen) atoms. The molecule has 0 bridgehead atoms. The standard InChI is InChI=1S/C22H21NO2.C8H11N5O/c1-4-18-15-17-10-8-9-16(13-14-22(2,3)25)20(17)21(24)23(18)19-11-6-5-7-12-19;1-3-4-11-8-5(7(10)14)6(9)12-13(8)2/h5-12,15,25H,4H2,1-3H3;3-4H,1H2,2H3,(H2,9,12)(H2,10,14)/b;11-4-. The zero-order chi connectivity index (χ0) is 28.7. The lowest BCUT2D eigenvalue weighted by atomic mass is 10.0. The molecular formula is C30H32N6O3. The highest BCUT2D eigenvalue weighted by Gasteiger charge is 2.17. The molecule has 0 saturated heterocycles. The number of primary amides is 1. The minimum absolute atomic E-state index is 0.0798. The summed E-state index contributed by atoms with van der Waals surface area (Å²) in [4.78, 5) is 28.2. The first kappa shape index (κ1) is 28.6. The third-order valence-corrected chi connectivity index (χ3v) is 5.60. The molecule has 2 aromatic carbocycles. The Morgan fingerprint density at radius 1 is 1.21 bits per heavy atom. The molecule has 0 fully saturated rings. The lowest BCUT2D eigenvalue weighted by molar-refractivity contribution is 0.100. The summed E-state index contributed by atoms with van der Waals surface area (Å²) in [7, 11) is 1.62. The molecule has 4 rings (SSSR count). The molecule has 4 aromatic rings. The van der Waals surface area contributed by atoms with Gasteiger partial charge in [0.15, 0.2) is 11.6 Å². The number of hydrogen-bond donors (Lipinski definition) is 3. The summed E-state index contributed by atoms with van der Waals surface area (Å²) in [6, 6.07) is 17.3. The van der Waals surface area contributed by atoms with E-state index in [0.717, 1.165) is 23.2 Å². The Hall–Kier alpha value is -4.94. The van der Waals surface area contributed by atoms with Crippen molar-refractivity contribution in [2.75, 3.05) is 5.73 Å². The van der Waals surface area contributed by atoms with Gasteiger partial charge in [0.25, 0.3) is 11.5 Å². The number of nitrogen functional groups attached to an aromatic ring is 1. The van der Waals surface area contributed by atoms with Gasteiger partial charge in [0.2, 0.25) is 0 Å². The number of fused-ring (bicyclic) bond motifs is 1. The summed E-state index contributed by atoms with van der Waals surface area (Å²) in [6.07, 6.45) is 3.66. The number of hydrogen-bond acceptors (Lipinski definition) is 6. The van der Waals surface area contributed by atoms with Gasteiger partial charge in [0, 0.05) is 30.2 Å². The number of aromatic nitrogens is 3. The van der Waals surface area contributed by atoms with Crippen LogP contribution in [0.3, 0.4) is 0 Å². The van der Waals surface area contributed by atoms with E-state index >= 15 is 0 Å². The van der Waals surface area contributed by atoms with Gasteiger partial charge in [0.1, 0.15) is 11.2 Å². The first-order chi connectivity index (χ1) is 18.5. The number of carbonyl (C=O) groups excluding carboxylic acids is 1. The van der Waals surface area contributed by atoms with Gasteiger partial charge in [-0.2, -0.15) is 5.10 Å². The van der Waals surface area contributed by atoms with E-state index < -0.39 is 11.5 Å². The van der Waals surface area contributed by atoms with Crippen molar-refractivity contribution in [1.82, 2.24) is 14.3 Å². The number of carbonyl (C=O) groups is 1. The minimum atomic E-state index is -1.11. The highest BCUT2D eigenvalue weighted by atomic mass is 16.3. The normalized spacial score (nSPS) is 11.0. The van der Waals surface area contributed by atoms with Crippen LogP contribution in [0, 0.1) is 11.8 Å². The zero-order valence-corrected chi connectivity index (χ0v) is 22.5. The van der Waals surface area contributed by atoms with Crippen LogP contribution in [0.2, 0.25) is 0 Å². The molecule has 0 aliphatic carbocycles. The summed E-state index contributed by atoms with van der Waals surface area (Å²) < 4.78 is 3.13. The van der Waals surface area contributed by atoms with Gasteiger partial charge in [-0.3, -0.25) is 14.2 Å². The molecule has 5 N–H and O–H groups in total. The van der Waals surface area contributed by atoms with Crippen molar-refractivity contribution < 1.29 is 9.90 Å². The van der Waals surface area contributed by atoms with Crippen LogP contribution >= 0.6 is 0 Å². The van der Waals surface area contributed by atoms with Crippen molar-refractivity contribution in [3.63, 3.8) is 0 Å². The number of amides is 1. The number of anilines is 1. The molecule has 0 aliphatic rings. The van der Waals surface area contributed by atoms with Crippen molar-refractivity contribution in [2.24, 2.45) is 17.8 Å². The molecule has 0 spiro atoms. The topological polar surface area (TPSA) is 142 Å². The van der Waals surface area contributed by atoms with E-state index in [9.17, 15) is 14.7 Å². The molecule has 0 saturated carbocycles. The van der Waals surface area contributed by atoms with E-state index in [1.54, 1.807) is 25.5 Å². The van der Waals surface area contributed by atoms with Crippen molar-refractivity contribution in [2.45, 2.75) is 32.8 Å². The van der Waals surface area contributed by atoms with Crippen LogP contribution in [0.1, 0.15) is 42.4 Å². The highest BCUT2D eigenvalue weighted by Crippen LogP contribution is 2.23. The first-order valence-electron chi connectivity index (χ1n) is 12.2. The predicted molar refractivity (Wildman–Crippen MR) is 157 cm³/mol. The van der Waals surface area contributed by atoms with Gasteiger partial charge < -0.3 is 16.6 Å². The number of benzene rings is 2. The largest absolute Gasteiger partial charge is 0.381 e. The number of rotatable bonds is 5. The quantitative estimate of drug-likeness (QED) is 0.270. The van der Waals surface area contributed by atoms with Crippen molar-refractivity contribution >= 4 is 34.5 Å². The Labute approximate surface area is 227 Å². The van der Waals surface area contributed by atoms with Crippen molar-refractivity contribution in [3.8, 4) is 17.5 Å². The van der Waals surface area contributed by atoms with Crippen LogP contribution in [0.4, 0.5) is 11.6 Å². The van der Waals surface area contributed by atoms with Gasteiger partial charge >= 0.3 is 0 Å². The first-order valence-corrected chi connectivity index (χ1v) is 12.2. The summed E-state index contributed by atoms with van der Waals surface area (Å²) in [5, 5.41) is 15.2. The molecule has 200 valence electrons. The number of para-hydroxylation sites is 1. The Morgan fingerprint density at radius 3 is 2.49 bits per heavy atom. The number of aliphatic imine (C=N–C) groups is 1. The monoisotopic (exact) mass is 524 g/mol. The zero-order valence-electron chi connectivity index (χ0n) is 22.5. The average molecular weight is 525 g/mol. The third-order valence-electron chi connectivity index (χ3n) is 5.60. The van der Waals surface area contributed by atoms with E-state index in [1.165, 1.54) is 17.0 Å². The number of nitrogens with zero attached hydrogens (tertiary/aromatic N) is 4. The van der Waals surface area contributed by atoms with E-state index in [2.05, 4.69) is 28.5 Å². The maximum Gasteiger partial charge on any atom is 0.264 e. The number of aliphatic hydroxyl groups is 1. The molecule has 2 heterocycles. The molecule has 0 unspecified atom stereocenters. The molecule has 2 aromatic heterocycles. The number of allylic oxidation sites excluding steroid dienone is 1. The molecule has 0 radical (unpaired) electrons. The Morgan fingerprint density at radius 2 is 1.90 bits per heavy atom. The van der Waals surface area contributed by atoms with Gasteiger partial charge in [-0.15, -0.1) is 0 Å². The molecule has 0 aliphatic heterocycles. The number of nitrogens with two attached hydrogens (primary N) is 2. The molecule has 9 heteroatoms. The van der Waals surface area contributed by atoms with Crippen LogP contribution in [-0.4, -0.2) is 37.2 Å². The SMILES string of the molecule is C=C/C=N\c1c(C(N)=O)c(N)nn1C.CCc1cc2cccc(C#CC(C)(C)O)c2c(=O)n1-c1ccccc1. The average Bonchev–Trinajstić information content (AvgIpc) is 3.18. The maximum atomic E-state index is 13.3. The van der Waals surface area contributed by atoms with Crippen LogP contribution in [0.15, 0.2) is 77.0 Å². The lowest BCUT2D eigenvalue weighted by Gasteiger charge is -2.14. The third kappa shape index (κ3) is 6.69. The summed E-state index contributed by atoms with van der Waals surface area (Å²) >= 11 is 0. The van der Waals surface area contributed by atoms with Gasteiger partial charge in [-0.25, -0.2) is 9.67 Å². The second-order valence-electron chi connectivity index (χ2n) is 9.13. The second-order valence-corrected chi connectivity index (χ2v) is 9.13. The molecule has 9 nitrogen and oxygen atoms in total. The van der Waals surface area contributed by atoms with Crippen LogP contribution in [0.25, 0.3) is 16.5 Å². The molecule has 0 atom stereocenters. The second kappa shape index (κ2) is 12.1. The minimum Gasteiger partial charge on any atom is -0.381 e. The molecular weight excluding hydrogens is 492 g/mol. The summed E-state index contributed by atoms with van der Waals surface area (Å²) in [5.74, 6) is 5.54. The Kier molecular flexibility index (Phi) is 8.86. The van der Waals surface area contributed by atoms with Gasteiger partial charge in [0.05, 0.1) is 5.39 Å². The lowest BCUT2D eigenvalue weighted by Crippen LogP contribution is -2.22. The fourth-order valence-corrected chi connectivity index (χ4v) is 3.90. The van der Waals surface area contributed by atoms with Crippen molar-refractivity contribution in [1.29, 1.82) is 0 Å². The van der Waals surface area contributed by atoms with E-state index in [1.807, 2.05) is 61.5 Å². The van der Waals surface area contributed by atoms with E-state index in [0.29, 0.717) is 16.8 Å². The number of aryl methyl sites for hydroxylation is 2. The van der Waals surface area contributed by atoms with Crippen LogP contribution < -0.4 is 17.0 Å². The number of pyridine rings is 1. The van der Waals surface area contributed by atoms with Gasteiger partial charge in [-0.05, 0) is 49.9 Å². The highest BCUT2D eigenvalue weighted by molar-refractivity contribution is 6.02. The fourth-order valence-electron chi connectivity index (χ4n) is 3.90. The Bertz CT molecular complexity index is 1660. The van der Waals surface area contributed by atoms with Crippen molar-refractivity contribution in [3.05, 3.63) is 94.4 Å². The smallest absolute Gasteiger partial charge is 0.264 e. The summed E-state index contributed by atoms with van der Waals surface area (Å²) in [5.41, 5.74) is 12.0. The Balaban J connectivity index is 0.000000255. The van der Waals surface area contributed by atoms with Crippen LogP contribution in [0.5, 0.6) is 0 Å². The van der Waals surface area contributed by atoms with Crippen LogP contribution in [-0.2, 0) is 13.5 Å². The van der Waals surface area contributed by atoms with E-state index in [-0.39, 0.29) is 16.9 Å². The molecule has 1 amide bonds. The predicted octanol–water partition coefficient (Wildman–Crippen LogP) is 3.67. The maximum absolute atomic E-state index is 13.3. The fraction of sp³-hybridized carbons (Fsp3) is 0.200. The van der Waals surface area contributed by atoms with E-state index in [4.69, 9.17) is 11.5 Å². The summed E-state index contributed by atoms with van der Waals surface area (Å²) in [6.45, 7) is 8.76. The van der Waals surface area contributed by atoms with Gasteiger partial charge in [-0.1, -0.05) is 61.8 Å².